The van der Waals surface area contributed by atoms with Gasteiger partial charge in [-0.1, -0.05) is 6.07 Å². The van der Waals surface area contributed by atoms with Crippen molar-refractivity contribution in [3.63, 3.8) is 0 Å². The molecule has 3 nitrogen and oxygen atoms in total. The number of hydrogen-bond acceptors (Lipinski definition) is 3. The number of rotatable bonds is 6. The van der Waals surface area contributed by atoms with Crippen LogP contribution in [0.3, 0.4) is 0 Å². The molecule has 0 saturated carbocycles. The molecule has 0 heterocycles. The first-order chi connectivity index (χ1) is 7.96. The fourth-order valence-corrected chi connectivity index (χ4v) is 1.76. The zero-order valence-electron chi connectivity index (χ0n) is 11.1. The van der Waals surface area contributed by atoms with E-state index in [-0.39, 0.29) is 0 Å². The monoisotopic (exact) mass is 238 g/mol. The van der Waals surface area contributed by atoms with Crippen molar-refractivity contribution in [2.75, 3.05) is 14.2 Å². The summed E-state index contributed by atoms with van der Waals surface area (Å²) in [6.07, 6.45) is 2.69. The van der Waals surface area contributed by atoms with Gasteiger partial charge in [0.25, 0.3) is 0 Å². The highest BCUT2D eigenvalue weighted by molar-refractivity contribution is 5.42. The average Bonchev–Trinajstić information content (AvgIpc) is 2.27. The number of aryl methyl sites for hydroxylation is 1. The molecule has 1 rings (SSSR count). The summed E-state index contributed by atoms with van der Waals surface area (Å²) in [4.78, 5) is 0. The maximum atomic E-state index is 9.63. The van der Waals surface area contributed by atoms with E-state index in [4.69, 9.17) is 9.47 Å². The van der Waals surface area contributed by atoms with Crippen molar-refractivity contribution < 1.29 is 14.6 Å². The van der Waals surface area contributed by atoms with Crippen LogP contribution >= 0.6 is 0 Å². The first kappa shape index (κ1) is 13.8. The van der Waals surface area contributed by atoms with Crippen molar-refractivity contribution in [1.82, 2.24) is 0 Å². The molecular weight excluding hydrogens is 216 g/mol. The second-order valence-corrected chi connectivity index (χ2v) is 4.86. The van der Waals surface area contributed by atoms with Crippen molar-refractivity contribution in [2.24, 2.45) is 0 Å². The van der Waals surface area contributed by atoms with Crippen molar-refractivity contribution >= 4 is 0 Å². The van der Waals surface area contributed by atoms with E-state index in [2.05, 4.69) is 0 Å². The fraction of sp³-hybridized carbons (Fsp3) is 0.571. The number of hydrogen-bond donors (Lipinski definition) is 1. The SMILES string of the molecule is COc1ccc(CCCC(C)(C)O)cc1OC. The third-order valence-corrected chi connectivity index (χ3v) is 2.70. The minimum absolute atomic E-state index is 0.587. The zero-order chi connectivity index (χ0) is 12.9. The van der Waals surface area contributed by atoms with E-state index in [0.29, 0.717) is 0 Å². The van der Waals surface area contributed by atoms with Crippen molar-refractivity contribution in [2.45, 2.75) is 38.7 Å². The van der Waals surface area contributed by atoms with Crippen molar-refractivity contribution in [3.8, 4) is 11.5 Å². The Morgan fingerprint density at radius 1 is 1.12 bits per heavy atom. The highest BCUT2D eigenvalue weighted by Crippen LogP contribution is 2.28. The van der Waals surface area contributed by atoms with Crippen LogP contribution in [0.2, 0.25) is 0 Å². The molecule has 0 atom stereocenters. The summed E-state index contributed by atoms with van der Waals surface area (Å²) in [7, 11) is 3.27. The van der Waals surface area contributed by atoms with Gasteiger partial charge in [-0.2, -0.15) is 0 Å². The van der Waals surface area contributed by atoms with Gasteiger partial charge in [0, 0.05) is 0 Å². The van der Waals surface area contributed by atoms with Crippen LogP contribution in [-0.2, 0) is 6.42 Å². The Hall–Kier alpha value is -1.22. The van der Waals surface area contributed by atoms with Gasteiger partial charge in [-0.25, -0.2) is 0 Å². The highest BCUT2D eigenvalue weighted by Gasteiger charge is 2.12. The molecule has 1 N–H and O–H groups in total. The van der Waals surface area contributed by atoms with Crippen molar-refractivity contribution in [1.29, 1.82) is 0 Å². The summed E-state index contributed by atoms with van der Waals surface area (Å²) in [5, 5.41) is 9.63. The van der Waals surface area contributed by atoms with Crippen LogP contribution in [0.1, 0.15) is 32.3 Å². The minimum atomic E-state index is -0.587. The Morgan fingerprint density at radius 2 is 1.76 bits per heavy atom. The number of aliphatic hydroxyl groups is 1. The predicted octanol–water partition coefficient (Wildman–Crippen LogP) is 2.80. The van der Waals surface area contributed by atoms with Gasteiger partial charge in [0.15, 0.2) is 11.5 Å². The second kappa shape index (κ2) is 5.92. The maximum Gasteiger partial charge on any atom is 0.160 e. The third kappa shape index (κ3) is 4.65. The van der Waals surface area contributed by atoms with Gasteiger partial charge < -0.3 is 14.6 Å². The summed E-state index contributed by atoms with van der Waals surface area (Å²) < 4.78 is 10.4. The molecule has 0 bridgehead atoms. The van der Waals surface area contributed by atoms with Gasteiger partial charge in [-0.05, 0) is 50.8 Å². The molecule has 0 aliphatic rings. The molecule has 0 amide bonds. The van der Waals surface area contributed by atoms with Gasteiger partial charge in [0.1, 0.15) is 0 Å². The summed E-state index contributed by atoms with van der Waals surface area (Å²) in [5.74, 6) is 1.51. The third-order valence-electron chi connectivity index (χ3n) is 2.70. The first-order valence-corrected chi connectivity index (χ1v) is 5.89. The summed E-state index contributed by atoms with van der Waals surface area (Å²) in [6, 6.07) is 5.94. The lowest BCUT2D eigenvalue weighted by Gasteiger charge is -2.16. The van der Waals surface area contributed by atoms with E-state index in [1.807, 2.05) is 32.0 Å². The van der Waals surface area contributed by atoms with E-state index in [1.165, 1.54) is 5.56 Å². The van der Waals surface area contributed by atoms with Gasteiger partial charge in [-0.15, -0.1) is 0 Å². The molecule has 17 heavy (non-hydrogen) atoms. The van der Waals surface area contributed by atoms with Gasteiger partial charge >= 0.3 is 0 Å². The van der Waals surface area contributed by atoms with Crippen molar-refractivity contribution in [3.05, 3.63) is 23.8 Å². The number of benzene rings is 1. The normalized spacial score (nSPS) is 11.4. The summed E-state index contributed by atoms with van der Waals surface area (Å²) >= 11 is 0. The van der Waals surface area contributed by atoms with E-state index >= 15 is 0 Å². The van der Waals surface area contributed by atoms with E-state index < -0.39 is 5.60 Å². The van der Waals surface area contributed by atoms with E-state index in [1.54, 1.807) is 14.2 Å². The Bertz CT molecular complexity index is 353. The van der Waals surface area contributed by atoms with Crippen LogP contribution in [0, 0.1) is 0 Å². The quantitative estimate of drug-likeness (QED) is 0.828. The van der Waals surface area contributed by atoms with Crippen LogP contribution in [0.15, 0.2) is 18.2 Å². The molecule has 0 unspecified atom stereocenters. The molecule has 0 aliphatic heterocycles. The summed E-state index contributed by atoms with van der Waals surface area (Å²) in [6.45, 7) is 3.67. The molecule has 96 valence electrons. The first-order valence-electron chi connectivity index (χ1n) is 5.89. The number of ether oxygens (including phenoxy) is 2. The fourth-order valence-electron chi connectivity index (χ4n) is 1.76. The van der Waals surface area contributed by atoms with Crippen LogP contribution in [0.5, 0.6) is 11.5 Å². The van der Waals surface area contributed by atoms with Crippen LogP contribution in [-0.4, -0.2) is 24.9 Å². The Morgan fingerprint density at radius 3 is 2.29 bits per heavy atom. The topological polar surface area (TPSA) is 38.7 Å². The van der Waals surface area contributed by atoms with Gasteiger partial charge in [-0.3, -0.25) is 0 Å². The van der Waals surface area contributed by atoms with Crippen LogP contribution < -0.4 is 9.47 Å². The van der Waals surface area contributed by atoms with Gasteiger partial charge in [0.05, 0.1) is 19.8 Å². The molecule has 0 aliphatic carbocycles. The average molecular weight is 238 g/mol. The molecule has 1 aromatic rings. The Balaban J connectivity index is 2.60. The molecule has 0 spiro atoms. The molecule has 0 fully saturated rings. The lowest BCUT2D eigenvalue weighted by atomic mass is 9.99. The predicted molar refractivity (Wildman–Crippen MR) is 68.8 cm³/mol. The van der Waals surface area contributed by atoms with Crippen LogP contribution in [0.4, 0.5) is 0 Å². The molecular formula is C14H22O3. The standard InChI is InChI=1S/C14H22O3/c1-14(2,15)9-5-6-11-7-8-12(16-3)13(10-11)17-4/h7-8,10,15H,5-6,9H2,1-4H3. The molecule has 0 aromatic heterocycles. The van der Waals surface area contributed by atoms with E-state index in [9.17, 15) is 5.11 Å². The molecule has 0 saturated heterocycles. The minimum Gasteiger partial charge on any atom is -0.493 e. The molecule has 3 heteroatoms. The van der Waals surface area contributed by atoms with E-state index in [0.717, 1.165) is 30.8 Å². The molecule has 0 radical (unpaired) electrons. The Labute approximate surface area is 103 Å². The lowest BCUT2D eigenvalue weighted by Crippen LogP contribution is -2.18. The zero-order valence-corrected chi connectivity index (χ0v) is 11.1. The highest BCUT2D eigenvalue weighted by atomic mass is 16.5. The smallest absolute Gasteiger partial charge is 0.160 e. The summed E-state index contributed by atoms with van der Waals surface area (Å²) in [5.41, 5.74) is 0.614. The second-order valence-electron chi connectivity index (χ2n) is 4.86. The Kier molecular flexibility index (Phi) is 4.82. The van der Waals surface area contributed by atoms with Crippen LogP contribution in [0.25, 0.3) is 0 Å². The molecule has 1 aromatic carbocycles. The lowest BCUT2D eigenvalue weighted by molar-refractivity contribution is 0.0689. The largest absolute Gasteiger partial charge is 0.493 e. The van der Waals surface area contributed by atoms with Gasteiger partial charge in [0.2, 0.25) is 0 Å². The maximum absolute atomic E-state index is 9.63. The number of methoxy groups -OCH3 is 2.